The minimum Gasteiger partial charge on any atom is -0.312 e. The standard InChI is InChI=1S/C13H20FN3O2S/c1-13(2)6-4-8-15-11(13)9-17-20(18,19)12-10(14)5-3-7-16-12/h3,5,7,11,15,17H,4,6,8-9H2,1-2H3. The second-order valence-corrected chi connectivity index (χ2v) is 7.42. The third-order valence-corrected chi connectivity index (χ3v) is 5.14. The van der Waals surface area contributed by atoms with Crippen molar-refractivity contribution < 1.29 is 12.8 Å². The smallest absolute Gasteiger partial charge is 0.261 e. The number of sulfonamides is 1. The van der Waals surface area contributed by atoms with E-state index in [1.165, 1.54) is 12.3 Å². The summed E-state index contributed by atoms with van der Waals surface area (Å²) in [5.41, 5.74) is 0.00340. The molecule has 1 aromatic rings. The van der Waals surface area contributed by atoms with E-state index in [1.54, 1.807) is 0 Å². The van der Waals surface area contributed by atoms with E-state index in [9.17, 15) is 12.8 Å². The van der Waals surface area contributed by atoms with Crippen LogP contribution in [0, 0.1) is 11.2 Å². The number of halogens is 1. The molecule has 5 nitrogen and oxygen atoms in total. The lowest BCUT2D eigenvalue weighted by Gasteiger charge is -2.39. The Morgan fingerprint density at radius 2 is 2.30 bits per heavy atom. The van der Waals surface area contributed by atoms with Crippen molar-refractivity contribution in [1.82, 2.24) is 15.0 Å². The molecule has 2 rings (SSSR count). The Balaban J connectivity index is 2.08. The van der Waals surface area contributed by atoms with Gasteiger partial charge in [0.05, 0.1) is 0 Å². The van der Waals surface area contributed by atoms with Crippen molar-refractivity contribution in [2.45, 2.75) is 37.8 Å². The first-order chi connectivity index (χ1) is 9.33. The summed E-state index contributed by atoms with van der Waals surface area (Å²) < 4.78 is 40.1. The van der Waals surface area contributed by atoms with Gasteiger partial charge in [-0.1, -0.05) is 13.8 Å². The molecule has 1 aliphatic rings. The summed E-state index contributed by atoms with van der Waals surface area (Å²) in [4.78, 5) is 3.60. The Hall–Kier alpha value is -1.05. The summed E-state index contributed by atoms with van der Waals surface area (Å²) in [7, 11) is -3.92. The van der Waals surface area contributed by atoms with Gasteiger partial charge in [-0.2, -0.15) is 0 Å². The van der Waals surface area contributed by atoms with Crippen LogP contribution in [0.3, 0.4) is 0 Å². The first-order valence-electron chi connectivity index (χ1n) is 6.66. The van der Waals surface area contributed by atoms with E-state index in [2.05, 4.69) is 28.9 Å². The maximum atomic E-state index is 13.5. The van der Waals surface area contributed by atoms with Gasteiger partial charge in [0.25, 0.3) is 10.0 Å². The van der Waals surface area contributed by atoms with Crippen molar-refractivity contribution in [3.63, 3.8) is 0 Å². The molecule has 1 saturated heterocycles. The molecular formula is C13H20FN3O2S. The molecule has 112 valence electrons. The van der Waals surface area contributed by atoms with Gasteiger partial charge in [0.2, 0.25) is 5.03 Å². The number of pyridine rings is 1. The molecule has 1 fully saturated rings. The second-order valence-electron chi connectivity index (χ2n) is 5.74. The lowest BCUT2D eigenvalue weighted by atomic mass is 9.78. The van der Waals surface area contributed by atoms with Crippen LogP contribution in [0.1, 0.15) is 26.7 Å². The van der Waals surface area contributed by atoms with Gasteiger partial charge in [-0.25, -0.2) is 22.5 Å². The lowest BCUT2D eigenvalue weighted by Crippen LogP contribution is -2.52. The fraction of sp³-hybridized carbons (Fsp3) is 0.615. The summed E-state index contributed by atoms with van der Waals surface area (Å²) in [6.45, 7) is 5.29. The Kier molecular flexibility index (Phi) is 4.41. The molecule has 0 spiro atoms. The second kappa shape index (κ2) is 5.75. The van der Waals surface area contributed by atoms with Gasteiger partial charge in [0.1, 0.15) is 0 Å². The number of piperidine rings is 1. The molecule has 0 aliphatic carbocycles. The summed E-state index contributed by atoms with van der Waals surface area (Å²) in [5, 5.41) is 2.76. The number of nitrogens with one attached hydrogen (secondary N) is 2. The molecule has 0 radical (unpaired) electrons. The summed E-state index contributed by atoms with van der Waals surface area (Å²) in [6, 6.07) is 2.47. The maximum absolute atomic E-state index is 13.5. The van der Waals surface area contributed by atoms with Crippen molar-refractivity contribution in [2.75, 3.05) is 13.1 Å². The Morgan fingerprint density at radius 3 is 2.95 bits per heavy atom. The number of aromatic nitrogens is 1. The molecule has 20 heavy (non-hydrogen) atoms. The van der Waals surface area contributed by atoms with Gasteiger partial charge in [-0.3, -0.25) is 0 Å². The van der Waals surface area contributed by atoms with Gasteiger partial charge in [0.15, 0.2) is 5.82 Å². The summed E-state index contributed by atoms with van der Waals surface area (Å²) in [5.74, 6) is -0.837. The minimum atomic E-state index is -3.92. The molecule has 1 unspecified atom stereocenters. The largest absolute Gasteiger partial charge is 0.312 e. The van der Waals surface area contributed by atoms with E-state index in [0.29, 0.717) is 0 Å². The topological polar surface area (TPSA) is 71.1 Å². The van der Waals surface area contributed by atoms with Crippen molar-refractivity contribution >= 4 is 10.0 Å². The third-order valence-electron chi connectivity index (χ3n) is 3.79. The molecule has 1 atom stereocenters. The molecule has 0 amide bonds. The lowest BCUT2D eigenvalue weighted by molar-refractivity contribution is 0.181. The van der Waals surface area contributed by atoms with Crippen LogP contribution in [0.25, 0.3) is 0 Å². The molecule has 0 aromatic carbocycles. The number of rotatable bonds is 4. The monoisotopic (exact) mass is 301 g/mol. The number of hydrogen-bond acceptors (Lipinski definition) is 4. The summed E-state index contributed by atoms with van der Waals surface area (Å²) in [6.07, 6.45) is 3.37. The zero-order chi connectivity index (χ0) is 14.8. The number of nitrogens with zero attached hydrogens (tertiary/aromatic N) is 1. The first-order valence-corrected chi connectivity index (χ1v) is 8.15. The molecular weight excluding hydrogens is 281 g/mol. The Bertz CT molecular complexity index is 575. The summed E-state index contributed by atoms with van der Waals surface area (Å²) >= 11 is 0. The van der Waals surface area contributed by atoms with Gasteiger partial charge < -0.3 is 5.32 Å². The molecule has 7 heteroatoms. The van der Waals surface area contributed by atoms with Crippen LogP contribution in [-0.2, 0) is 10.0 Å². The number of hydrogen-bond donors (Lipinski definition) is 2. The zero-order valence-corrected chi connectivity index (χ0v) is 12.5. The van der Waals surface area contributed by atoms with Gasteiger partial charge in [0, 0.05) is 18.8 Å². The fourth-order valence-electron chi connectivity index (χ4n) is 2.45. The van der Waals surface area contributed by atoms with Crippen molar-refractivity contribution in [1.29, 1.82) is 0 Å². The average molecular weight is 301 g/mol. The van der Waals surface area contributed by atoms with Crippen LogP contribution < -0.4 is 10.0 Å². The van der Waals surface area contributed by atoms with Crippen LogP contribution in [0.5, 0.6) is 0 Å². The molecule has 2 N–H and O–H groups in total. The van der Waals surface area contributed by atoms with Gasteiger partial charge in [-0.15, -0.1) is 0 Å². The Morgan fingerprint density at radius 1 is 1.55 bits per heavy atom. The molecule has 2 heterocycles. The van der Waals surface area contributed by atoms with Crippen LogP contribution in [0.4, 0.5) is 4.39 Å². The minimum absolute atomic E-state index is 0.00340. The quantitative estimate of drug-likeness (QED) is 0.879. The zero-order valence-electron chi connectivity index (χ0n) is 11.7. The van der Waals surface area contributed by atoms with E-state index in [1.807, 2.05) is 0 Å². The Labute approximate surface area is 119 Å². The highest BCUT2D eigenvalue weighted by atomic mass is 32.2. The van der Waals surface area contributed by atoms with Crippen LogP contribution in [0.15, 0.2) is 23.4 Å². The van der Waals surface area contributed by atoms with Crippen molar-refractivity contribution in [2.24, 2.45) is 5.41 Å². The van der Waals surface area contributed by atoms with Crippen molar-refractivity contribution in [3.8, 4) is 0 Å². The fourth-order valence-corrected chi connectivity index (χ4v) is 3.50. The van der Waals surface area contributed by atoms with E-state index in [-0.39, 0.29) is 18.0 Å². The van der Waals surface area contributed by atoms with E-state index >= 15 is 0 Å². The van der Waals surface area contributed by atoms with Crippen LogP contribution >= 0.6 is 0 Å². The van der Waals surface area contributed by atoms with Crippen LogP contribution in [-0.4, -0.2) is 32.5 Å². The van der Waals surface area contributed by atoms with Gasteiger partial charge in [-0.05, 0) is 36.9 Å². The first kappa shape index (κ1) is 15.3. The van der Waals surface area contributed by atoms with E-state index in [4.69, 9.17) is 0 Å². The molecule has 1 aromatic heterocycles. The predicted octanol–water partition coefficient (Wildman–Crippen LogP) is 1.28. The highest BCUT2D eigenvalue weighted by molar-refractivity contribution is 7.89. The normalized spacial score (nSPS) is 22.6. The highest BCUT2D eigenvalue weighted by Gasteiger charge is 2.33. The predicted molar refractivity (Wildman–Crippen MR) is 74.2 cm³/mol. The molecule has 0 saturated carbocycles. The van der Waals surface area contributed by atoms with Crippen LogP contribution in [0.2, 0.25) is 0 Å². The van der Waals surface area contributed by atoms with Gasteiger partial charge >= 0.3 is 0 Å². The SMILES string of the molecule is CC1(C)CCCNC1CNS(=O)(=O)c1ncccc1F. The van der Waals surface area contributed by atoms with Crippen molar-refractivity contribution in [3.05, 3.63) is 24.1 Å². The third kappa shape index (κ3) is 3.34. The highest BCUT2D eigenvalue weighted by Crippen LogP contribution is 2.29. The maximum Gasteiger partial charge on any atom is 0.261 e. The average Bonchev–Trinajstić information content (AvgIpc) is 2.37. The molecule has 0 bridgehead atoms. The van der Waals surface area contributed by atoms with E-state index < -0.39 is 20.9 Å². The van der Waals surface area contributed by atoms with E-state index in [0.717, 1.165) is 25.5 Å². The molecule has 1 aliphatic heterocycles.